The molecule has 1 aromatic heterocycles. The lowest BCUT2D eigenvalue weighted by atomic mass is 10.1. The normalized spacial score (nSPS) is 10.3. The molecule has 0 saturated carbocycles. The minimum absolute atomic E-state index is 0.164. The van der Waals surface area contributed by atoms with Crippen LogP contribution in [0.3, 0.4) is 0 Å². The minimum atomic E-state index is -0.327. The maximum absolute atomic E-state index is 11.8. The number of carbonyl (C=O) groups excluding carboxylic acids is 1. The maximum Gasteiger partial charge on any atom is 0.319 e. The molecule has 2 aromatic carbocycles. The molecule has 0 aliphatic carbocycles. The lowest BCUT2D eigenvalue weighted by molar-refractivity contribution is 0.249. The number of nitrogens with zero attached hydrogens (tertiary/aromatic N) is 2. The summed E-state index contributed by atoms with van der Waals surface area (Å²) in [5.74, 6) is 0.860. The zero-order valence-corrected chi connectivity index (χ0v) is 12.6. The number of para-hydroxylation sites is 1. The predicted molar refractivity (Wildman–Crippen MR) is 86.8 cm³/mol. The average Bonchev–Trinajstić information content (AvgIpc) is 3.03. The van der Waals surface area contributed by atoms with E-state index < -0.39 is 0 Å². The number of carbonyl (C=O) groups is 1. The van der Waals surface area contributed by atoms with E-state index in [4.69, 9.17) is 4.52 Å². The molecule has 0 radical (unpaired) electrons. The topological polar surface area (TPSA) is 80.0 Å². The molecule has 0 aliphatic rings. The Morgan fingerprint density at radius 1 is 1.13 bits per heavy atom. The van der Waals surface area contributed by atoms with Crippen LogP contribution in [0.5, 0.6) is 0 Å². The van der Waals surface area contributed by atoms with Gasteiger partial charge >= 0.3 is 6.03 Å². The van der Waals surface area contributed by atoms with Crippen LogP contribution in [0, 0.1) is 6.92 Å². The molecule has 0 aliphatic heterocycles. The minimum Gasteiger partial charge on any atom is -0.337 e. The van der Waals surface area contributed by atoms with Gasteiger partial charge in [-0.3, -0.25) is 0 Å². The van der Waals surface area contributed by atoms with Crippen molar-refractivity contribution in [1.29, 1.82) is 0 Å². The lowest BCUT2D eigenvalue weighted by Gasteiger charge is -2.04. The first-order chi connectivity index (χ1) is 11.2. The monoisotopic (exact) mass is 308 g/mol. The van der Waals surface area contributed by atoms with Crippen molar-refractivity contribution in [1.82, 2.24) is 15.5 Å². The predicted octanol–water partition coefficient (Wildman–Crippen LogP) is 3.37. The number of nitrogens with one attached hydrogen (secondary N) is 2. The highest BCUT2D eigenvalue weighted by Gasteiger charge is 2.10. The number of rotatable bonds is 4. The summed E-state index contributed by atoms with van der Waals surface area (Å²) >= 11 is 0. The Balaban J connectivity index is 1.58. The fourth-order valence-corrected chi connectivity index (χ4v) is 2.08. The van der Waals surface area contributed by atoms with Gasteiger partial charge in [-0.05, 0) is 25.1 Å². The molecule has 116 valence electrons. The molecular weight excluding hydrogens is 292 g/mol. The Hall–Kier alpha value is -3.15. The molecular formula is C17H16N4O2. The van der Waals surface area contributed by atoms with Crippen LogP contribution in [0.1, 0.15) is 11.5 Å². The summed E-state index contributed by atoms with van der Waals surface area (Å²) < 4.78 is 5.16. The van der Waals surface area contributed by atoms with Gasteiger partial charge in [0.1, 0.15) is 0 Å². The molecule has 0 bridgehead atoms. The molecule has 1 heterocycles. The zero-order valence-electron chi connectivity index (χ0n) is 12.6. The van der Waals surface area contributed by atoms with E-state index in [-0.39, 0.29) is 12.6 Å². The highest BCUT2D eigenvalue weighted by molar-refractivity contribution is 5.89. The van der Waals surface area contributed by atoms with Crippen molar-refractivity contribution >= 4 is 11.7 Å². The number of urea groups is 1. The molecule has 2 N–H and O–H groups in total. The van der Waals surface area contributed by atoms with E-state index in [9.17, 15) is 4.79 Å². The molecule has 6 heteroatoms. The number of aromatic nitrogens is 2. The van der Waals surface area contributed by atoms with E-state index >= 15 is 0 Å². The summed E-state index contributed by atoms with van der Waals surface area (Å²) in [6.45, 7) is 2.16. The van der Waals surface area contributed by atoms with Gasteiger partial charge in [0.15, 0.2) is 0 Å². The van der Waals surface area contributed by atoms with Crippen molar-refractivity contribution in [3.05, 3.63) is 66.1 Å². The smallest absolute Gasteiger partial charge is 0.319 e. The first kappa shape index (κ1) is 14.8. The Morgan fingerprint density at radius 3 is 2.74 bits per heavy atom. The van der Waals surface area contributed by atoms with E-state index in [1.807, 2.05) is 61.5 Å². The van der Waals surface area contributed by atoms with Crippen LogP contribution in [-0.2, 0) is 6.54 Å². The second kappa shape index (κ2) is 6.74. The van der Waals surface area contributed by atoms with Crippen LogP contribution < -0.4 is 10.6 Å². The second-order valence-electron chi connectivity index (χ2n) is 5.05. The van der Waals surface area contributed by atoms with Gasteiger partial charge in [-0.25, -0.2) is 4.79 Å². The highest BCUT2D eigenvalue weighted by atomic mass is 16.5. The summed E-state index contributed by atoms with van der Waals surface area (Å²) in [6, 6.07) is 16.7. The number of hydrogen-bond donors (Lipinski definition) is 2. The molecule has 3 rings (SSSR count). The number of benzene rings is 2. The van der Waals surface area contributed by atoms with E-state index in [0.29, 0.717) is 11.7 Å². The van der Waals surface area contributed by atoms with Crippen LogP contribution in [-0.4, -0.2) is 16.2 Å². The third kappa shape index (κ3) is 3.94. The van der Waals surface area contributed by atoms with Crippen LogP contribution in [0.15, 0.2) is 59.1 Å². The number of aryl methyl sites for hydroxylation is 1. The summed E-state index contributed by atoms with van der Waals surface area (Å²) in [5, 5.41) is 9.33. The Bertz CT molecular complexity index is 799. The Morgan fingerprint density at radius 2 is 1.96 bits per heavy atom. The maximum atomic E-state index is 11.8. The fourth-order valence-electron chi connectivity index (χ4n) is 2.08. The van der Waals surface area contributed by atoms with E-state index in [1.165, 1.54) is 0 Å². The molecule has 23 heavy (non-hydrogen) atoms. The van der Waals surface area contributed by atoms with Gasteiger partial charge < -0.3 is 15.2 Å². The quantitative estimate of drug-likeness (QED) is 0.774. The van der Waals surface area contributed by atoms with E-state index in [2.05, 4.69) is 20.8 Å². The summed E-state index contributed by atoms with van der Waals surface area (Å²) in [6.07, 6.45) is 0. The molecule has 0 unspecified atom stereocenters. The zero-order chi connectivity index (χ0) is 16.1. The van der Waals surface area contributed by atoms with Gasteiger partial charge in [0, 0.05) is 11.3 Å². The van der Waals surface area contributed by atoms with E-state index in [0.717, 1.165) is 16.8 Å². The third-order valence-electron chi connectivity index (χ3n) is 3.18. The first-order valence-corrected chi connectivity index (χ1v) is 7.20. The average molecular weight is 308 g/mol. The molecule has 3 aromatic rings. The van der Waals surface area contributed by atoms with Crippen molar-refractivity contribution in [3.8, 4) is 11.4 Å². The van der Waals surface area contributed by atoms with Crippen molar-refractivity contribution in [3.63, 3.8) is 0 Å². The van der Waals surface area contributed by atoms with Crippen LogP contribution in [0.25, 0.3) is 11.4 Å². The number of hydrogen-bond acceptors (Lipinski definition) is 4. The Kier molecular flexibility index (Phi) is 4.33. The van der Waals surface area contributed by atoms with Crippen LogP contribution >= 0.6 is 0 Å². The van der Waals surface area contributed by atoms with Gasteiger partial charge in [0.05, 0.1) is 6.54 Å². The molecule has 0 saturated heterocycles. The molecule has 0 fully saturated rings. The highest BCUT2D eigenvalue weighted by Crippen LogP contribution is 2.16. The van der Waals surface area contributed by atoms with E-state index in [1.54, 1.807) is 0 Å². The third-order valence-corrected chi connectivity index (χ3v) is 3.18. The molecule has 6 nitrogen and oxygen atoms in total. The van der Waals surface area contributed by atoms with Gasteiger partial charge in [-0.1, -0.05) is 47.1 Å². The van der Waals surface area contributed by atoms with Crippen molar-refractivity contribution in [2.75, 3.05) is 5.32 Å². The van der Waals surface area contributed by atoms with Crippen molar-refractivity contribution in [2.45, 2.75) is 13.5 Å². The fraction of sp³-hybridized carbons (Fsp3) is 0.118. The SMILES string of the molecule is Cc1cccc(-c2noc(CNC(=O)Nc3ccccc3)n2)c1. The van der Waals surface area contributed by atoms with Crippen LogP contribution in [0.2, 0.25) is 0 Å². The standard InChI is InChI=1S/C17H16N4O2/c1-12-6-5-7-13(10-12)16-20-15(23-21-16)11-18-17(22)19-14-8-3-2-4-9-14/h2-10H,11H2,1H3,(H2,18,19,22). The van der Waals surface area contributed by atoms with Crippen molar-refractivity contribution in [2.24, 2.45) is 0 Å². The number of amides is 2. The second-order valence-corrected chi connectivity index (χ2v) is 5.05. The van der Waals surface area contributed by atoms with Gasteiger partial charge in [0.25, 0.3) is 0 Å². The number of anilines is 1. The van der Waals surface area contributed by atoms with Gasteiger partial charge in [-0.2, -0.15) is 4.98 Å². The molecule has 2 amide bonds. The summed E-state index contributed by atoms with van der Waals surface area (Å²) in [4.78, 5) is 16.1. The Labute approximate surface area is 133 Å². The molecule has 0 spiro atoms. The van der Waals surface area contributed by atoms with Gasteiger partial charge in [-0.15, -0.1) is 0 Å². The first-order valence-electron chi connectivity index (χ1n) is 7.20. The lowest BCUT2D eigenvalue weighted by Crippen LogP contribution is -2.28. The molecule has 0 atom stereocenters. The van der Waals surface area contributed by atoms with Crippen LogP contribution in [0.4, 0.5) is 10.5 Å². The van der Waals surface area contributed by atoms with Crippen molar-refractivity contribution < 1.29 is 9.32 Å². The largest absolute Gasteiger partial charge is 0.337 e. The summed E-state index contributed by atoms with van der Waals surface area (Å²) in [5.41, 5.74) is 2.72. The van der Waals surface area contributed by atoms with Gasteiger partial charge in [0.2, 0.25) is 11.7 Å². The summed E-state index contributed by atoms with van der Waals surface area (Å²) in [7, 11) is 0.